The van der Waals surface area contributed by atoms with E-state index in [1.807, 2.05) is 4.57 Å². The molecule has 0 aliphatic carbocycles. The van der Waals surface area contributed by atoms with E-state index in [9.17, 15) is 4.79 Å². The Morgan fingerprint density at radius 3 is 2.50 bits per heavy atom. The van der Waals surface area contributed by atoms with E-state index in [-0.39, 0.29) is 17.9 Å². The number of rotatable bonds is 12. The Morgan fingerprint density at radius 2 is 1.81 bits per heavy atom. The molecule has 0 saturated carbocycles. The van der Waals surface area contributed by atoms with E-state index in [0.29, 0.717) is 29.6 Å². The summed E-state index contributed by atoms with van der Waals surface area (Å²) in [5, 5.41) is 0. The molecule has 0 aromatic carbocycles. The first-order chi connectivity index (χ1) is 15.6. The van der Waals surface area contributed by atoms with Gasteiger partial charge in [-0.2, -0.15) is 15.0 Å². The number of unbranched alkanes of at least 4 members (excludes halogenated alkanes) is 3. The van der Waals surface area contributed by atoms with Crippen molar-refractivity contribution in [2.24, 2.45) is 5.92 Å². The van der Waals surface area contributed by atoms with Crippen molar-refractivity contribution >= 4 is 23.0 Å². The van der Waals surface area contributed by atoms with Crippen LogP contribution >= 0.6 is 0 Å². The van der Waals surface area contributed by atoms with Gasteiger partial charge in [0.2, 0.25) is 0 Å². The lowest BCUT2D eigenvalue weighted by atomic mass is 9.97. The number of methoxy groups -OCH3 is 2. The molecule has 0 unspecified atom stereocenters. The molecule has 178 valence electrons. The number of imidazole rings is 1. The first-order valence-electron chi connectivity index (χ1n) is 11.6. The maximum absolute atomic E-state index is 11.7. The summed E-state index contributed by atoms with van der Waals surface area (Å²) in [6.07, 6.45) is 6.87. The van der Waals surface area contributed by atoms with Crippen LogP contribution in [-0.4, -0.2) is 70.8 Å². The van der Waals surface area contributed by atoms with Crippen LogP contribution in [0, 0.1) is 5.92 Å². The average Bonchev–Trinajstić information content (AvgIpc) is 3.17. The molecule has 1 aliphatic heterocycles. The van der Waals surface area contributed by atoms with Crippen molar-refractivity contribution < 1.29 is 19.0 Å². The largest absolute Gasteiger partial charge is 0.469 e. The predicted octanol–water partition coefficient (Wildman–Crippen LogP) is 2.65. The molecule has 32 heavy (non-hydrogen) atoms. The normalized spacial score (nSPS) is 15.2. The summed E-state index contributed by atoms with van der Waals surface area (Å²) in [5.74, 6) is 0.284. The molecule has 0 atom stereocenters. The van der Waals surface area contributed by atoms with Gasteiger partial charge in [-0.15, -0.1) is 0 Å². The summed E-state index contributed by atoms with van der Waals surface area (Å²) < 4.78 is 17.9. The van der Waals surface area contributed by atoms with Gasteiger partial charge in [0.15, 0.2) is 17.0 Å². The number of piperidine rings is 1. The van der Waals surface area contributed by atoms with Gasteiger partial charge in [0.05, 0.1) is 26.7 Å². The van der Waals surface area contributed by atoms with E-state index in [0.717, 1.165) is 71.1 Å². The third-order valence-electron chi connectivity index (χ3n) is 5.96. The maximum Gasteiger partial charge on any atom is 0.320 e. The second kappa shape index (κ2) is 11.8. The first kappa shape index (κ1) is 24.0. The van der Waals surface area contributed by atoms with Crippen LogP contribution in [0.3, 0.4) is 0 Å². The fourth-order valence-electron chi connectivity index (χ4n) is 4.05. The summed E-state index contributed by atoms with van der Waals surface area (Å²) in [4.78, 5) is 27.3. The minimum Gasteiger partial charge on any atom is -0.469 e. The number of nitrogens with two attached hydrogens (primary N) is 1. The van der Waals surface area contributed by atoms with Gasteiger partial charge >= 0.3 is 12.0 Å². The molecule has 3 rings (SSSR count). The van der Waals surface area contributed by atoms with Crippen molar-refractivity contribution in [3.63, 3.8) is 0 Å². The number of nitrogen functional groups attached to an aromatic ring is 1. The molecule has 1 aliphatic rings. The molecular formula is C22H36N6O4. The van der Waals surface area contributed by atoms with Crippen LogP contribution in [-0.2, 0) is 16.1 Å². The molecule has 2 aromatic rings. The number of fused-ring (bicyclic) bond motifs is 1. The monoisotopic (exact) mass is 448 g/mol. The summed E-state index contributed by atoms with van der Waals surface area (Å²) in [5.41, 5.74) is 7.28. The molecule has 0 radical (unpaired) electrons. The van der Waals surface area contributed by atoms with Crippen LogP contribution < -0.4 is 15.2 Å². The number of aromatic nitrogens is 4. The van der Waals surface area contributed by atoms with Gasteiger partial charge in [0, 0.05) is 6.54 Å². The standard InChI is InChI=1S/C22H36N6O4/c1-4-5-15-32-21-25-18(23)17-19(26-21)28(22(24-17)31-3)12-8-6-7-11-27-13-9-16(10-14-27)20(29)30-2/h16H,4-15H2,1-3H3,(H2,23,25,26). The molecule has 10 heteroatoms. The topological polar surface area (TPSA) is 118 Å². The highest BCUT2D eigenvalue weighted by molar-refractivity contribution is 5.83. The number of carbonyl (C=O) groups is 1. The number of nitrogens with zero attached hydrogens (tertiary/aromatic N) is 5. The van der Waals surface area contributed by atoms with Crippen LogP contribution in [0.2, 0.25) is 0 Å². The van der Waals surface area contributed by atoms with Gasteiger partial charge < -0.3 is 24.8 Å². The van der Waals surface area contributed by atoms with Gasteiger partial charge in [-0.3, -0.25) is 9.36 Å². The second-order valence-electron chi connectivity index (χ2n) is 8.22. The SMILES string of the molecule is CCCCOc1nc(N)c2nc(OC)n(CCCCCN3CCC(C(=O)OC)CC3)c2n1. The zero-order chi connectivity index (χ0) is 22.9. The molecule has 2 N–H and O–H groups in total. The molecule has 3 heterocycles. The lowest BCUT2D eigenvalue weighted by Gasteiger charge is -2.30. The maximum atomic E-state index is 11.7. The lowest BCUT2D eigenvalue weighted by Crippen LogP contribution is -2.37. The Kier molecular flexibility index (Phi) is 8.90. The van der Waals surface area contributed by atoms with Crippen molar-refractivity contribution in [3.8, 4) is 12.0 Å². The molecule has 10 nitrogen and oxygen atoms in total. The number of hydrogen-bond acceptors (Lipinski definition) is 9. The fraction of sp³-hybridized carbons (Fsp3) is 0.727. The van der Waals surface area contributed by atoms with Crippen molar-refractivity contribution in [2.75, 3.05) is 46.2 Å². The van der Waals surface area contributed by atoms with Gasteiger partial charge in [-0.1, -0.05) is 19.8 Å². The number of carbonyl (C=O) groups excluding carboxylic acids is 1. The summed E-state index contributed by atoms with van der Waals surface area (Å²) in [6, 6.07) is 0.763. The lowest BCUT2D eigenvalue weighted by molar-refractivity contribution is -0.147. The minimum absolute atomic E-state index is 0.0588. The summed E-state index contributed by atoms with van der Waals surface area (Å²) in [7, 11) is 3.06. The van der Waals surface area contributed by atoms with E-state index >= 15 is 0 Å². The highest BCUT2D eigenvalue weighted by Gasteiger charge is 2.25. The van der Waals surface area contributed by atoms with Crippen molar-refractivity contribution in [2.45, 2.75) is 58.4 Å². The number of anilines is 1. The van der Waals surface area contributed by atoms with Crippen molar-refractivity contribution in [1.29, 1.82) is 0 Å². The van der Waals surface area contributed by atoms with E-state index in [2.05, 4.69) is 26.8 Å². The third kappa shape index (κ3) is 5.99. The Balaban J connectivity index is 1.51. The third-order valence-corrected chi connectivity index (χ3v) is 5.96. The Hall–Kier alpha value is -2.62. The molecule has 0 amide bonds. The zero-order valence-electron chi connectivity index (χ0n) is 19.5. The molecule has 1 saturated heterocycles. The summed E-state index contributed by atoms with van der Waals surface area (Å²) >= 11 is 0. The van der Waals surface area contributed by atoms with Gasteiger partial charge in [-0.25, -0.2) is 0 Å². The first-order valence-corrected chi connectivity index (χ1v) is 11.6. The van der Waals surface area contributed by atoms with Crippen LogP contribution in [0.1, 0.15) is 51.9 Å². The van der Waals surface area contributed by atoms with Crippen molar-refractivity contribution in [1.82, 2.24) is 24.4 Å². The van der Waals surface area contributed by atoms with Crippen LogP contribution in [0.25, 0.3) is 11.2 Å². The molecule has 0 bridgehead atoms. The second-order valence-corrected chi connectivity index (χ2v) is 8.22. The van der Waals surface area contributed by atoms with Gasteiger partial charge in [0.25, 0.3) is 6.01 Å². The number of hydrogen-bond donors (Lipinski definition) is 1. The Labute approximate surface area is 189 Å². The molecular weight excluding hydrogens is 412 g/mol. The number of ether oxygens (including phenoxy) is 3. The zero-order valence-corrected chi connectivity index (χ0v) is 19.5. The molecule has 0 spiro atoms. The highest BCUT2D eigenvalue weighted by Crippen LogP contribution is 2.26. The van der Waals surface area contributed by atoms with Gasteiger partial charge in [-0.05, 0) is 51.7 Å². The smallest absolute Gasteiger partial charge is 0.320 e. The minimum atomic E-state index is -0.0745. The van der Waals surface area contributed by atoms with Crippen LogP contribution in [0.15, 0.2) is 0 Å². The van der Waals surface area contributed by atoms with Crippen LogP contribution in [0.5, 0.6) is 12.0 Å². The van der Waals surface area contributed by atoms with Gasteiger partial charge in [0.1, 0.15) is 0 Å². The van der Waals surface area contributed by atoms with Crippen LogP contribution in [0.4, 0.5) is 5.82 Å². The highest BCUT2D eigenvalue weighted by atomic mass is 16.5. The quantitative estimate of drug-likeness (QED) is 0.386. The van der Waals surface area contributed by atoms with E-state index < -0.39 is 0 Å². The molecule has 1 fully saturated rings. The van der Waals surface area contributed by atoms with E-state index in [1.54, 1.807) is 7.11 Å². The summed E-state index contributed by atoms with van der Waals surface area (Å²) in [6.45, 7) is 6.35. The molecule has 2 aromatic heterocycles. The van der Waals surface area contributed by atoms with E-state index in [4.69, 9.17) is 19.9 Å². The average molecular weight is 449 g/mol. The number of esters is 1. The van der Waals surface area contributed by atoms with Crippen molar-refractivity contribution in [3.05, 3.63) is 0 Å². The number of aryl methyl sites for hydroxylation is 1. The predicted molar refractivity (Wildman–Crippen MR) is 122 cm³/mol. The Morgan fingerprint density at radius 1 is 1.06 bits per heavy atom. The fourth-order valence-corrected chi connectivity index (χ4v) is 4.05. The van der Waals surface area contributed by atoms with E-state index in [1.165, 1.54) is 7.11 Å². The Bertz CT molecular complexity index is 879. The number of likely N-dealkylation sites (tertiary alicyclic amines) is 1.